The number of hydrogen-bond acceptors (Lipinski definition) is 5. The fraction of sp³-hybridized carbons (Fsp3) is 0.167. The van der Waals surface area contributed by atoms with Gasteiger partial charge in [-0.2, -0.15) is 0 Å². The minimum atomic E-state index is -0.262. The lowest BCUT2D eigenvalue weighted by molar-refractivity contribution is 0.0494. The number of rotatable bonds is 5. The van der Waals surface area contributed by atoms with Crippen LogP contribution in [0.2, 0.25) is 0 Å². The van der Waals surface area contributed by atoms with E-state index in [1.807, 2.05) is 66.9 Å². The molecule has 0 atom stereocenters. The second-order valence-corrected chi connectivity index (χ2v) is 7.61. The van der Waals surface area contributed by atoms with Crippen molar-refractivity contribution in [1.29, 1.82) is 0 Å². The fourth-order valence-electron chi connectivity index (χ4n) is 3.79. The number of hydrogen-bond donors (Lipinski definition) is 0. The van der Waals surface area contributed by atoms with Crippen molar-refractivity contribution in [2.24, 2.45) is 0 Å². The lowest BCUT2D eigenvalue weighted by Gasteiger charge is -2.39. The summed E-state index contributed by atoms with van der Waals surface area (Å²) in [6.45, 7) is 1.01. The van der Waals surface area contributed by atoms with Gasteiger partial charge in [0.2, 0.25) is 0 Å². The molecule has 8 nitrogen and oxygen atoms in total. The van der Waals surface area contributed by atoms with Crippen LogP contribution in [-0.2, 0) is 0 Å². The van der Waals surface area contributed by atoms with Gasteiger partial charge in [-0.05, 0) is 12.1 Å². The van der Waals surface area contributed by atoms with Gasteiger partial charge in [0.1, 0.15) is 11.4 Å². The highest BCUT2D eigenvalue weighted by molar-refractivity contribution is 5.97. The zero-order valence-corrected chi connectivity index (χ0v) is 17.5. The molecule has 5 rings (SSSR count). The molecule has 8 heteroatoms. The first kappa shape index (κ1) is 19.7. The molecule has 1 fully saturated rings. The van der Waals surface area contributed by atoms with Gasteiger partial charge >= 0.3 is 0 Å². The molecule has 0 bridgehead atoms. The van der Waals surface area contributed by atoms with E-state index in [-0.39, 0.29) is 23.3 Å². The number of methoxy groups -OCH3 is 1. The standard InChI is InChI=1S/C24H21N5O3/c1-32-22-12-23(30)28(18-10-6-3-7-11-18)15-20(22)24(31)27-13-19(14-27)29-16-21(25-26-29)17-8-4-2-5-9-17/h2-12,15-16,19H,13-14H2,1H3. The molecule has 3 heterocycles. The maximum absolute atomic E-state index is 13.2. The molecule has 32 heavy (non-hydrogen) atoms. The molecule has 1 saturated heterocycles. The predicted octanol–water partition coefficient (Wildman–Crippen LogP) is 2.80. The van der Waals surface area contributed by atoms with E-state index in [1.165, 1.54) is 17.7 Å². The summed E-state index contributed by atoms with van der Waals surface area (Å²) >= 11 is 0. The Bertz CT molecular complexity index is 1310. The van der Waals surface area contributed by atoms with E-state index in [0.717, 1.165) is 11.3 Å². The van der Waals surface area contributed by atoms with Crippen molar-refractivity contribution < 1.29 is 9.53 Å². The van der Waals surface area contributed by atoms with Crippen molar-refractivity contribution in [2.45, 2.75) is 6.04 Å². The molecule has 1 amide bonds. The number of nitrogens with zero attached hydrogens (tertiary/aromatic N) is 5. The molecule has 0 unspecified atom stereocenters. The maximum Gasteiger partial charge on any atom is 0.259 e. The first-order chi connectivity index (χ1) is 15.6. The van der Waals surface area contributed by atoms with E-state index in [1.54, 1.807) is 15.8 Å². The van der Waals surface area contributed by atoms with Gasteiger partial charge in [-0.3, -0.25) is 14.2 Å². The Balaban J connectivity index is 1.35. The van der Waals surface area contributed by atoms with Gasteiger partial charge in [0.25, 0.3) is 11.5 Å². The number of likely N-dealkylation sites (tertiary alicyclic amines) is 1. The molecule has 2 aromatic heterocycles. The van der Waals surface area contributed by atoms with Gasteiger partial charge < -0.3 is 9.64 Å². The minimum Gasteiger partial charge on any atom is -0.496 e. The van der Waals surface area contributed by atoms with E-state index < -0.39 is 0 Å². The smallest absolute Gasteiger partial charge is 0.259 e. The van der Waals surface area contributed by atoms with Crippen molar-refractivity contribution >= 4 is 5.91 Å². The maximum atomic E-state index is 13.2. The third-order valence-corrected chi connectivity index (χ3v) is 5.60. The van der Waals surface area contributed by atoms with E-state index in [4.69, 9.17) is 4.74 Å². The monoisotopic (exact) mass is 427 g/mol. The first-order valence-electron chi connectivity index (χ1n) is 10.3. The molecule has 0 radical (unpaired) electrons. The Morgan fingerprint density at radius 3 is 2.38 bits per heavy atom. The number of amides is 1. The zero-order valence-electron chi connectivity index (χ0n) is 17.5. The number of para-hydroxylation sites is 1. The van der Waals surface area contributed by atoms with Crippen LogP contribution in [0.15, 0.2) is 83.9 Å². The van der Waals surface area contributed by atoms with Crippen LogP contribution in [0.4, 0.5) is 0 Å². The van der Waals surface area contributed by atoms with Crippen LogP contribution >= 0.6 is 0 Å². The summed E-state index contributed by atoms with van der Waals surface area (Å²) in [5.74, 6) is 0.0777. The SMILES string of the molecule is COc1cc(=O)n(-c2ccccc2)cc1C(=O)N1CC(n2cc(-c3ccccc3)nn2)C1. The number of aromatic nitrogens is 4. The van der Waals surface area contributed by atoms with Crippen molar-refractivity contribution in [3.63, 3.8) is 0 Å². The summed E-state index contributed by atoms with van der Waals surface area (Å²) in [5.41, 5.74) is 2.57. The third kappa shape index (κ3) is 3.56. The Hall–Kier alpha value is -4.20. The molecule has 0 N–H and O–H groups in total. The van der Waals surface area contributed by atoms with Crippen LogP contribution in [0.25, 0.3) is 16.9 Å². The molecule has 1 aliphatic heterocycles. The summed E-state index contributed by atoms with van der Waals surface area (Å²) < 4.78 is 8.59. The highest BCUT2D eigenvalue weighted by atomic mass is 16.5. The number of carbonyl (C=O) groups is 1. The molecular weight excluding hydrogens is 406 g/mol. The van der Waals surface area contributed by atoms with Crippen LogP contribution < -0.4 is 10.3 Å². The van der Waals surface area contributed by atoms with Crippen LogP contribution in [0.5, 0.6) is 5.75 Å². The Morgan fingerprint density at radius 1 is 1.00 bits per heavy atom. The Labute approximate surface area is 184 Å². The van der Waals surface area contributed by atoms with Crippen LogP contribution in [-0.4, -0.2) is 50.6 Å². The second kappa shape index (κ2) is 8.14. The van der Waals surface area contributed by atoms with Crippen molar-refractivity contribution in [3.8, 4) is 22.7 Å². The number of pyridine rings is 1. The van der Waals surface area contributed by atoms with E-state index >= 15 is 0 Å². The normalized spacial score (nSPS) is 13.6. The summed E-state index contributed by atoms with van der Waals surface area (Å²) in [6, 6.07) is 20.4. The van der Waals surface area contributed by atoms with E-state index in [2.05, 4.69) is 10.3 Å². The van der Waals surface area contributed by atoms with Gasteiger partial charge in [-0.15, -0.1) is 5.10 Å². The fourth-order valence-corrected chi connectivity index (χ4v) is 3.79. The van der Waals surface area contributed by atoms with Crippen LogP contribution in [0, 0.1) is 0 Å². The van der Waals surface area contributed by atoms with Crippen molar-refractivity contribution in [3.05, 3.63) is 95.0 Å². The van der Waals surface area contributed by atoms with Gasteiger partial charge in [-0.1, -0.05) is 53.7 Å². The largest absolute Gasteiger partial charge is 0.496 e. The van der Waals surface area contributed by atoms with E-state index in [9.17, 15) is 9.59 Å². The topological polar surface area (TPSA) is 82.2 Å². The van der Waals surface area contributed by atoms with E-state index in [0.29, 0.717) is 24.3 Å². The molecule has 4 aromatic rings. The van der Waals surface area contributed by atoms with Gasteiger partial charge in [0.15, 0.2) is 0 Å². The molecule has 2 aromatic carbocycles. The highest BCUT2D eigenvalue weighted by Gasteiger charge is 2.35. The third-order valence-electron chi connectivity index (χ3n) is 5.60. The Morgan fingerprint density at radius 2 is 1.69 bits per heavy atom. The van der Waals surface area contributed by atoms with Crippen molar-refractivity contribution in [1.82, 2.24) is 24.5 Å². The molecule has 160 valence electrons. The summed E-state index contributed by atoms with van der Waals surface area (Å²) in [6.07, 6.45) is 3.45. The summed E-state index contributed by atoms with van der Waals surface area (Å²) in [4.78, 5) is 27.4. The molecular formula is C24H21N5O3. The Kier molecular flexibility index (Phi) is 5.03. The summed E-state index contributed by atoms with van der Waals surface area (Å²) in [5, 5.41) is 8.49. The first-order valence-corrected chi connectivity index (χ1v) is 10.3. The minimum absolute atomic E-state index is 0.0509. The van der Waals surface area contributed by atoms with Gasteiger partial charge in [-0.25, -0.2) is 4.68 Å². The van der Waals surface area contributed by atoms with Crippen LogP contribution in [0.1, 0.15) is 16.4 Å². The molecule has 0 saturated carbocycles. The average Bonchev–Trinajstić information content (AvgIpc) is 3.28. The summed E-state index contributed by atoms with van der Waals surface area (Å²) in [7, 11) is 1.46. The molecule has 1 aliphatic rings. The number of carbonyl (C=O) groups excluding carboxylic acids is 1. The molecule has 0 aliphatic carbocycles. The van der Waals surface area contributed by atoms with Gasteiger partial charge in [0.05, 0.1) is 24.9 Å². The highest BCUT2D eigenvalue weighted by Crippen LogP contribution is 2.27. The number of ether oxygens (including phenoxy) is 1. The number of benzene rings is 2. The van der Waals surface area contributed by atoms with Crippen LogP contribution in [0.3, 0.4) is 0 Å². The lowest BCUT2D eigenvalue weighted by atomic mass is 10.1. The lowest BCUT2D eigenvalue weighted by Crippen LogP contribution is -2.51. The van der Waals surface area contributed by atoms with Gasteiger partial charge in [0, 0.05) is 36.6 Å². The quantitative estimate of drug-likeness (QED) is 0.489. The molecule has 0 spiro atoms. The predicted molar refractivity (Wildman–Crippen MR) is 119 cm³/mol. The second-order valence-electron chi connectivity index (χ2n) is 7.61. The average molecular weight is 427 g/mol. The zero-order chi connectivity index (χ0) is 22.1. The van der Waals surface area contributed by atoms with Crippen molar-refractivity contribution in [2.75, 3.05) is 20.2 Å².